The highest BCUT2D eigenvalue weighted by atomic mass is 79.9. The van der Waals surface area contributed by atoms with Crippen LogP contribution < -0.4 is 5.32 Å². The number of carbonyl (C=O) groups is 2. The fraction of sp³-hybridized carbons (Fsp3) is 0.333. The molecule has 1 amide bonds. The van der Waals surface area contributed by atoms with Gasteiger partial charge < -0.3 is 10.4 Å². The van der Waals surface area contributed by atoms with Gasteiger partial charge in [-0.25, -0.2) is 4.39 Å². The molecule has 0 aliphatic rings. The smallest absolute Gasteiger partial charge is 0.305 e. The number of aliphatic carboxylic acids is 1. The highest BCUT2D eigenvalue weighted by Gasteiger charge is 2.17. The summed E-state index contributed by atoms with van der Waals surface area (Å²) in [6, 6.07) is 3.30. The zero-order chi connectivity index (χ0) is 13.7. The van der Waals surface area contributed by atoms with Gasteiger partial charge in [0.05, 0.1) is 12.0 Å². The molecule has 1 aromatic carbocycles. The second-order valence-corrected chi connectivity index (χ2v) is 4.66. The Balaban J connectivity index is 2.80. The van der Waals surface area contributed by atoms with Crippen LogP contribution in [0.2, 0.25) is 0 Å². The molecule has 0 bridgehead atoms. The van der Waals surface area contributed by atoms with Crippen molar-refractivity contribution in [2.24, 2.45) is 0 Å². The van der Waals surface area contributed by atoms with Gasteiger partial charge in [0.1, 0.15) is 5.82 Å². The molecule has 1 atom stereocenters. The number of hydrogen-bond acceptors (Lipinski definition) is 2. The lowest BCUT2D eigenvalue weighted by Gasteiger charge is -2.15. The van der Waals surface area contributed by atoms with Crippen molar-refractivity contribution in [3.05, 3.63) is 34.1 Å². The minimum Gasteiger partial charge on any atom is -0.481 e. The van der Waals surface area contributed by atoms with Gasteiger partial charge in [-0.15, -0.1) is 0 Å². The number of halogens is 2. The SMILES string of the molecule is CCC(CC(=O)O)NC(=O)c1cc(F)ccc1Br. The zero-order valence-electron chi connectivity index (χ0n) is 9.74. The summed E-state index contributed by atoms with van der Waals surface area (Å²) < 4.78 is 13.5. The number of benzene rings is 1. The molecule has 98 valence electrons. The van der Waals surface area contributed by atoms with Crippen LogP contribution in [0.1, 0.15) is 30.1 Å². The highest BCUT2D eigenvalue weighted by Crippen LogP contribution is 2.18. The Kier molecular flexibility index (Phi) is 5.27. The summed E-state index contributed by atoms with van der Waals surface area (Å²) in [6.07, 6.45) is 0.333. The van der Waals surface area contributed by atoms with Crippen LogP contribution in [0.3, 0.4) is 0 Å². The van der Waals surface area contributed by atoms with E-state index < -0.39 is 23.7 Å². The first kappa shape index (κ1) is 14.6. The van der Waals surface area contributed by atoms with E-state index in [4.69, 9.17) is 5.11 Å². The quantitative estimate of drug-likeness (QED) is 0.877. The molecule has 2 N–H and O–H groups in total. The lowest BCUT2D eigenvalue weighted by Crippen LogP contribution is -2.36. The molecule has 0 radical (unpaired) electrons. The van der Waals surface area contributed by atoms with Gasteiger partial charge in [-0.2, -0.15) is 0 Å². The van der Waals surface area contributed by atoms with E-state index in [0.29, 0.717) is 10.9 Å². The summed E-state index contributed by atoms with van der Waals surface area (Å²) in [7, 11) is 0. The first-order valence-electron chi connectivity index (χ1n) is 5.41. The van der Waals surface area contributed by atoms with Gasteiger partial charge in [-0.3, -0.25) is 9.59 Å². The number of nitrogens with one attached hydrogen (secondary N) is 1. The molecule has 0 saturated carbocycles. The normalized spacial score (nSPS) is 11.9. The monoisotopic (exact) mass is 317 g/mol. The van der Waals surface area contributed by atoms with Crippen molar-refractivity contribution < 1.29 is 19.1 Å². The van der Waals surface area contributed by atoms with E-state index in [0.717, 1.165) is 6.07 Å². The third-order valence-electron chi connectivity index (χ3n) is 2.42. The van der Waals surface area contributed by atoms with E-state index in [1.165, 1.54) is 12.1 Å². The number of carboxylic acids is 1. The Hall–Kier alpha value is -1.43. The number of rotatable bonds is 5. The first-order valence-corrected chi connectivity index (χ1v) is 6.21. The molecule has 6 heteroatoms. The van der Waals surface area contributed by atoms with Gasteiger partial charge in [-0.05, 0) is 40.5 Å². The molecule has 0 saturated heterocycles. The fourth-order valence-corrected chi connectivity index (χ4v) is 1.87. The Morgan fingerprint density at radius 2 is 2.17 bits per heavy atom. The van der Waals surface area contributed by atoms with Gasteiger partial charge in [0.2, 0.25) is 0 Å². The average molecular weight is 318 g/mol. The zero-order valence-corrected chi connectivity index (χ0v) is 11.3. The van der Waals surface area contributed by atoms with Crippen molar-refractivity contribution in [3.63, 3.8) is 0 Å². The van der Waals surface area contributed by atoms with Crippen LogP contribution in [0.5, 0.6) is 0 Å². The van der Waals surface area contributed by atoms with Crippen molar-refractivity contribution in [2.75, 3.05) is 0 Å². The summed E-state index contributed by atoms with van der Waals surface area (Å²) in [5.41, 5.74) is 0.152. The molecule has 1 rings (SSSR count). The third-order valence-corrected chi connectivity index (χ3v) is 3.11. The molecule has 1 unspecified atom stereocenters. The summed E-state index contributed by atoms with van der Waals surface area (Å²) >= 11 is 3.15. The van der Waals surface area contributed by atoms with E-state index in [1.54, 1.807) is 6.92 Å². The van der Waals surface area contributed by atoms with E-state index >= 15 is 0 Å². The molecular weight excluding hydrogens is 305 g/mol. The van der Waals surface area contributed by atoms with Crippen LogP contribution in [0.25, 0.3) is 0 Å². The Labute approximate surface area is 112 Å². The maximum absolute atomic E-state index is 13.0. The standard InChI is InChI=1S/C12H13BrFNO3/c1-2-8(6-11(16)17)15-12(18)9-5-7(14)3-4-10(9)13/h3-5,8H,2,6H2,1H3,(H,15,18)(H,16,17). The molecule has 0 aromatic heterocycles. The molecular formula is C12H13BrFNO3. The molecule has 0 fully saturated rings. The summed E-state index contributed by atoms with van der Waals surface area (Å²) in [6.45, 7) is 1.77. The minimum absolute atomic E-state index is 0.152. The van der Waals surface area contributed by atoms with Crippen LogP contribution in [0.4, 0.5) is 4.39 Å². The topological polar surface area (TPSA) is 66.4 Å². The lowest BCUT2D eigenvalue weighted by molar-refractivity contribution is -0.137. The van der Waals surface area contributed by atoms with Crippen molar-refractivity contribution in [2.45, 2.75) is 25.8 Å². The van der Waals surface area contributed by atoms with E-state index in [2.05, 4.69) is 21.2 Å². The molecule has 1 aromatic rings. The van der Waals surface area contributed by atoms with Gasteiger partial charge in [0.25, 0.3) is 5.91 Å². The summed E-state index contributed by atoms with van der Waals surface area (Å²) in [4.78, 5) is 22.5. The van der Waals surface area contributed by atoms with Crippen molar-refractivity contribution in [1.29, 1.82) is 0 Å². The predicted octanol–water partition coefficient (Wildman–Crippen LogP) is 2.57. The van der Waals surface area contributed by atoms with Crippen molar-refractivity contribution in [3.8, 4) is 0 Å². The molecule has 0 spiro atoms. The number of carboxylic acid groups (broad SMARTS) is 1. The highest BCUT2D eigenvalue weighted by molar-refractivity contribution is 9.10. The number of hydrogen-bond donors (Lipinski definition) is 2. The predicted molar refractivity (Wildman–Crippen MR) is 67.9 cm³/mol. The van der Waals surface area contributed by atoms with Gasteiger partial charge >= 0.3 is 5.97 Å². The van der Waals surface area contributed by atoms with Gasteiger partial charge in [0.15, 0.2) is 0 Å². The van der Waals surface area contributed by atoms with E-state index in [9.17, 15) is 14.0 Å². The van der Waals surface area contributed by atoms with Gasteiger partial charge in [0, 0.05) is 10.5 Å². The summed E-state index contributed by atoms with van der Waals surface area (Å²) in [5, 5.41) is 11.2. The summed E-state index contributed by atoms with van der Waals surface area (Å²) in [5.74, 6) is -2.00. The average Bonchev–Trinajstić information content (AvgIpc) is 2.30. The van der Waals surface area contributed by atoms with Crippen LogP contribution in [-0.2, 0) is 4.79 Å². The first-order chi connectivity index (χ1) is 8.43. The third kappa shape index (κ3) is 4.10. The second kappa shape index (κ2) is 6.49. The fourth-order valence-electron chi connectivity index (χ4n) is 1.44. The van der Waals surface area contributed by atoms with Crippen molar-refractivity contribution >= 4 is 27.8 Å². The lowest BCUT2D eigenvalue weighted by atomic mass is 10.1. The molecule has 18 heavy (non-hydrogen) atoms. The number of carbonyl (C=O) groups excluding carboxylic acids is 1. The van der Waals surface area contributed by atoms with Crippen molar-refractivity contribution in [1.82, 2.24) is 5.32 Å². The number of amides is 1. The van der Waals surface area contributed by atoms with Crippen LogP contribution in [-0.4, -0.2) is 23.0 Å². The molecule has 0 aliphatic heterocycles. The van der Waals surface area contributed by atoms with Crippen LogP contribution in [0.15, 0.2) is 22.7 Å². The maximum Gasteiger partial charge on any atom is 0.305 e. The maximum atomic E-state index is 13.0. The Bertz CT molecular complexity index is 465. The molecule has 0 heterocycles. The Morgan fingerprint density at radius 1 is 1.50 bits per heavy atom. The van der Waals surface area contributed by atoms with Crippen LogP contribution in [0, 0.1) is 5.82 Å². The van der Waals surface area contributed by atoms with Crippen LogP contribution >= 0.6 is 15.9 Å². The second-order valence-electron chi connectivity index (χ2n) is 3.80. The molecule has 0 aliphatic carbocycles. The Morgan fingerprint density at radius 3 is 2.72 bits per heavy atom. The minimum atomic E-state index is -0.986. The van der Waals surface area contributed by atoms with Gasteiger partial charge in [-0.1, -0.05) is 6.92 Å². The van der Waals surface area contributed by atoms with E-state index in [1.807, 2.05) is 0 Å². The van der Waals surface area contributed by atoms with E-state index in [-0.39, 0.29) is 12.0 Å². The molecule has 4 nitrogen and oxygen atoms in total. The largest absolute Gasteiger partial charge is 0.481 e.